The maximum atomic E-state index is 12.0. The summed E-state index contributed by atoms with van der Waals surface area (Å²) in [4.78, 5) is 0.131. The molecule has 0 amide bonds. The molecule has 1 unspecified atom stereocenters. The minimum atomic E-state index is -3.60. The van der Waals surface area contributed by atoms with E-state index in [1.165, 1.54) is 18.2 Å². The number of benzene rings is 1. The zero-order chi connectivity index (χ0) is 13.3. The van der Waals surface area contributed by atoms with Crippen LogP contribution < -0.4 is 10.5 Å². The number of halogens is 1. The fourth-order valence-corrected chi connectivity index (χ4v) is 3.21. The number of aliphatic hydroxyl groups excluding tert-OH is 1. The maximum absolute atomic E-state index is 12.0. The first-order chi connectivity index (χ1) is 8.40. The lowest BCUT2D eigenvalue weighted by molar-refractivity contribution is 0.155. The second-order valence-corrected chi connectivity index (χ2v) is 7.06. The highest BCUT2D eigenvalue weighted by Crippen LogP contribution is 2.32. The predicted molar refractivity (Wildman–Crippen MR) is 72.5 cm³/mol. The van der Waals surface area contributed by atoms with E-state index < -0.39 is 16.1 Å². The first-order valence-electron chi connectivity index (χ1n) is 5.63. The third-order valence-electron chi connectivity index (χ3n) is 2.93. The van der Waals surface area contributed by atoms with E-state index in [1.807, 2.05) is 0 Å². The highest BCUT2D eigenvalue weighted by molar-refractivity contribution is 9.10. The molecule has 0 spiro atoms. The van der Waals surface area contributed by atoms with E-state index in [9.17, 15) is 13.5 Å². The predicted octanol–water partition coefficient (Wildman–Crippen LogP) is 1.08. The zero-order valence-electron chi connectivity index (χ0n) is 9.64. The summed E-state index contributed by atoms with van der Waals surface area (Å²) in [6.45, 7) is 0.0506. The normalized spacial score (nSPS) is 17.7. The molecule has 0 heterocycles. The Labute approximate surface area is 115 Å². The summed E-state index contributed by atoms with van der Waals surface area (Å²) in [5.74, 6) is 0.242. The Hall–Kier alpha value is -0.630. The Morgan fingerprint density at radius 3 is 2.72 bits per heavy atom. The van der Waals surface area contributed by atoms with Crippen molar-refractivity contribution in [2.75, 3.05) is 12.3 Å². The van der Waals surface area contributed by atoms with Crippen LogP contribution in [0.5, 0.6) is 0 Å². The van der Waals surface area contributed by atoms with E-state index in [2.05, 4.69) is 20.7 Å². The molecular weight excluding hydrogens is 320 g/mol. The summed E-state index contributed by atoms with van der Waals surface area (Å²) in [5.41, 5.74) is 6.08. The number of aliphatic hydroxyl groups is 1. The van der Waals surface area contributed by atoms with Crippen LogP contribution in [-0.2, 0) is 10.0 Å². The number of nitrogen functional groups attached to an aromatic ring is 1. The lowest BCUT2D eigenvalue weighted by Gasteiger charge is -2.11. The molecule has 1 aromatic rings. The van der Waals surface area contributed by atoms with E-state index >= 15 is 0 Å². The van der Waals surface area contributed by atoms with Gasteiger partial charge in [0.25, 0.3) is 0 Å². The van der Waals surface area contributed by atoms with Crippen LogP contribution in [0.3, 0.4) is 0 Å². The van der Waals surface area contributed by atoms with E-state index in [1.54, 1.807) is 0 Å². The topological polar surface area (TPSA) is 92.4 Å². The molecule has 0 bridgehead atoms. The molecule has 0 saturated heterocycles. The minimum absolute atomic E-state index is 0.0506. The third-order valence-corrected chi connectivity index (χ3v) is 5.04. The molecule has 1 aromatic carbocycles. The van der Waals surface area contributed by atoms with Crippen LogP contribution >= 0.6 is 15.9 Å². The van der Waals surface area contributed by atoms with Crippen LogP contribution in [0.25, 0.3) is 0 Å². The zero-order valence-corrected chi connectivity index (χ0v) is 12.0. The van der Waals surface area contributed by atoms with Crippen molar-refractivity contribution in [1.82, 2.24) is 4.72 Å². The molecule has 0 radical (unpaired) electrons. The van der Waals surface area contributed by atoms with Gasteiger partial charge in [-0.2, -0.15) is 0 Å². The summed E-state index contributed by atoms with van der Waals surface area (Å²) in [6, 6.07) is 4.41. The number of nitrogens with two attached hydrogens (primary N) is 1. The van der Waals surface area contributed by atoms with Crippen molar-refractivity contribution in [2.45, 2.75) is 23.8 Å². The van der Waals surface area contributed by atoms with Gasteiger partial charge in [-0.1, -0.05) is 0 Å². The van der Waals surface area contributed by atoms with Gasteiger partial charge < -0.3 is 10.8 Å². The van der Waals surface area contributed by atoms with Crippen LogP contribution in [0.1, 0.15) is 12.8 Å². The molecule has 1 aliphatic carbocycles. The highest BCUT2D eigenvalue weighted by atomic mass is 79.9. The molecule has 0 aliphatic heterocycles. The number of nitrogens with one attached hydrogen (secondary N) is 1. The van der Waals surface area contributed by atoms with Gasteiger partial charge in [0.2, 0.25) is 10.0 Å². The van der Waals surface area contributed by atoms with Gasteiger partial charge in [-0.05, 0) is 52.9 Å². The molecule has 0 aromatic heterocycles. The Bertz CT molecular complexity index is 543. The quantitative estimate of drug-likeness (QED) is 0.702. The Morgan fingerprint density at radius 1 is 1.50 bits per heavy atom. The summed E-state index contributed by atoms with van der Waals surface area (Å²) in [6.07, 6.45) is 1.34. The third kappa shape index (κ3) is 3.23. The maximum Gasteiger partial charge on any atom is 0.240 e. The van der Waals surface area contributed by atoms with Gasteiger partial charge in [0.15, 0.2) is 0 Å². The van der Waals surface area contributed by atoms with E-state index in [0.717, 1.165) is 12.8 Å². The molecule has 1 atom stereocenters. The standard InChI is InChI=1S/C11H15BrN2O3S/c12-9-5-8(3-4-10(9)13)18(16,17)14-6-11(15)7-1-2-7/h3-5,7,11,14-15H,1-2,6,13H2. The highest BCUT2D eigenvalue weighted by Gasteiger charge is 2.30. The Balaban J connectivity index is 2.07. The number of rotatable bonds is 5. The number of hydrogen-bond acceptors (Lipinski definition) is 4. The molecule has 100 valence electrons. The smallest absolute Gasteiger partial charge is 0.240 e. The first kappa shape index (κ1) is 13.8. The summed E-state index contributed by atoms with van der Waals surface area (Å²) >= 11 is 3.19. The van der Waals surface area contributed by atoms with Crippen molar-refractivity contribution in [3.8, 4) is 0 Å². The van der Waals surface area contributed by atoms with Gasteiger partial charge in [0, 0.05) is 16.7 Å². The van der Waals surface area contributed by atoms with Crippen molar-refractivity contribution in [3.05, 3.63) is 22.7 Å². The fourth-order valence-electron chi connectivity index (χ4n) is 1.60. The van der Waals surface area contributed by atoms with Crippen molar-refractivity contribution in [3.63, 3.8) is 0 Å². The van der Waals surface area contributed by atoms with Gasteiger partial charge in [-0.15, -0.1) is 0 Å². The number of sulfonamides is 1. The van der Waals surface area contributed by atoms with Crippen molar-refractivity contribution in [1.29, 1.82) is 0 Å². The molecule has 7 heteroatoms. The molecule has 4 N–H and O–H groups in total. The van der Waals surface area contributed by atoms with Crippen LogP contribution in [-0.4, -0.2) is 26.2 Å². The number of hydrogen-bond donors (Lipinski definition) is 3. The molecule has 5 nitrogen and oxygen atoms in total. The van der Waals surface area contributed by atoms with E-state index in [0.29, 0.717) is 10.2 Å². The molecule has 2 rings (SSSR count). The largest absolute Gasteiger partial charge is 0.398 e. The second kappa shape index (κ2) is 5.16. The molecule has 1 fully saturated rings. The Morgan fingerprint density at radius 2 is 2.17 bits per heavy atom. The molecular formula is C11H15BrN2O3S. The van der Waals surface area contributed by atoms with Gasteiger partial charge in [-0.3, -0.25) is 0 Å². The van der Waals surface area contributed by atoms with Gasteiger partial charge in [0.05, 0.1) is 11.0 Å². The van der Waals surface area contributed by atoms with Crippen molar-refractivity contribution >= 4 is 31.6 Å². The lowest BCUT2D eigenvalue weighted by atomic mass is 10.2. The average Bonchev–Trinajstić information content (AvgIpc) is 3.13. The van der Waals surface area contributed by atoms with Gasteiger partial charge in [-0.25, -0.2) is 13.1 Å². The van der Waals surface area contributed by atoms with E-state index in [-0.39, 0.29) is 17.4 Å². The van der Waals surface area contributed by atoms with Crippen LogP contribution in [0.2, 0.25) is 0 Å². The summed E-state index contributed by atoms with van der Waals surface area (Å²) in [5, 5.41) is 9.64. The van der Waals surface area contributed by atoms with Gasteiger partial charge >= 0.3 is 0 Å². The van der Waals surface area contributed by atoms with Crippen LogP contribution in [0, 0.1) is 5.92 Å². The second-order valence-electron chi connectivity index (χ2n) is 4.44. The Kier molecular flexibility index (Phi) is 3.96. The van der Waals surface area contributed by atoms with Gasteiger partial charge in [0.1, 0.15) is 0 Å². The monoisotopic (exact) mass is 334 g/mol. The molecule has 1 saturated carbocycles. The molecule has 18 heavy (non-hydrogen) atoms. The minimum Gasteiger partial charge on any atom is -0.398 e. The summed E-state index contributed by atoms with van der Waals surface area (Å²) in [7, 11) is -3.60. The van der Waals surface area contributed by atoms with Crippen molar-refractivity contribution < 1.29 is 13.5 Å². The first-order valence-corrected chi connectivity index (χ1v) is 7.90. The fraction of sp³-hybridized carbons (Fsp3) is 0.455. The van der Waals surface area contributed by atoms with Crippen LogP contribution in [0.15, 0.2) is 27.6 Å². The SMILES string of the molecule is Nc1ccc(S(=O)(=O)NCC(O)C2CC2)cc1Br. The lowest BCUT2D eigenvalue weighted by Crippen LogP contribution is -2.33. The molecule has 1 aliphatic rings. The van der Waals surface area contributed by atoms with Crippen LogP contribution in [0.4, 0.5) is 5.69 Å². The average molecular weight is 335 g/mol. The van der Waals surface area contributed by atoms with E-state index in [4.69, 9.17) is 5.73 Å². The number of anilines is 1. The van der Waals surface area contributed by atoms with Crippen molar-refractivity contribution in [2.24, 2.45) is 5.92 Å². The summed E-state index contributed by atoms with van der Waals surface area (Å²) < 4.78 is 26.9.